The van der Waals surface area contributed by atoms with E-state index in [2.05, 4.69) is 17.2 Å². The van der Waals surface area contributed by atoms with Crippen LogP contribution in [0.2, 0.25) is 0 Å². The molecule has 1 aliphatic heterocycles. The molecule has 2 heterocycles. The zero-order valence-corrected chi connectivity index (χ0v) is 14.6. The van der Waals surface area contributed by atoms with Crippen LogP contribution < -0.4 is 10.9 Å². The third kappa shape index (κ3) is 3.47. The Morgan fingerprint density at radius 2 is 2.08 bits per heavy atom. The minimum atomic E-state index is -0.0276. The largest absolute Gasteiger partial charge is 0.342 e. The Balaban J connectivity index is 1.39. The number of carbonyl (C=O) groups excluding carboxylic acids is 1. The minimum absolute atomic E-state index is 0.0276. The molecular weight excluding hydrogens is 314 g/mol. The van der Waals surface area contributed by atoms with E-state index in [-0.39, 0.29) is 5.56 Å². The van der Waals surface area contributed by atoms with Gasteiger partial charge >= 0.3 is 0 Å². The molecule has 2 N–H and O–H groups in total. The van der Waals surface area contributed by atoms with Crippen LogP contribution in [0.3, 0.4) is 0 Å². The van der Waals surface area contributed by atoms with E-state index in [1.165, 1.54) is 0 Å². The molecule has 5 heteroatoms. The van der Waals surface area contributed by atoms with Gasteiger partial charge in [0.2, 0.25) is 5.91 Å². The maximum Gasteiger partial charge on any atom is 0.252 e. The Labute approximate surface area is 147 Å². The number of aromatic nitrogens is 1. The van der Waals surface area contributed by atoms with Gasteiger partial charge < -0.3 is 15.2 Å². The molecule has 1 aliphatic carbocycles. The molecule has 2 atom stereocenters. The number of para-hydroxylation sites is 1. The van der Waals surface area contributed by atoms with Crippen molar-refractivity contribution in [2.75, 3.05) is 13.1 Å². The number of carbonyl (C=O) groups is 1. The van der Waals surface area contributed by atoms with Crippen LogP contribution in [0.15, 0.2) is 35.1 Å². The molecule has 0 radical (unpaired) electrons. The number of likely N-dealkylation sites (tertiary alicyclic amines) is 1. The van der Waals surface area contributed by atoms with Crippen molar-refractivity contribution in [2.24, 2.45) is 11.8 Å². The highest BCUT2D eigenvalue weighted by molar-refractivity contribution is 5.81. The number of rotatable bonds is 4. The summed E-state index contributed by atoms with van der Waals surface area (Å²) in [6, 6.07) is 10.1. The number of amides is 1. The third-order valence-electron chi connectivity index (χ3n) is 5.53. The summed E-state index contributed by atoms with van der Waals surface area (Å²) in [6.07, 6.45) is 3.08. The quantitative estimate of drug-likeness (QED) is 0.898. The summed E-state index contributed by atoms with van der Waals surface area (Å²) in [4.78, 5) is 29.5. The van der Waals surface area contributed by atoms with Crippen molar-refractivity contribution in [3.05, 3.63) is 46.2 Å². The summed E-state index contributed by atoms with van der Waals surface area (Å²) >= 11 is 0. The Bertz CT molecular complexity index is 840. The molecule has 1 aromatic heterocycles. The van der Waals surface area contributed by atoms with Crippen LogP contribution in [0.1, 0.15) is 31.7 Å². The zero-order chi connectivity index (χ0) is 17.4. The molecular formula is C20H25N3O2. The highest BCUT2D eigenvalue weighted by atomic mass is 16.2. The number of aromatic amines is 1. The van der Waals surface area contributed by atoms with Crippen LogP contribution in [0.25, 0.3) is 10.9 Å². The van der Waals surface area contributed by atoms with Gasteiger partial charge in [0.25, 0.3) is 5.56 Å². The maximum absolute atomic E-state index is 12.3. The lowest BCUT2D eigenvalue weighted by Gasteiger charge is -2.37. The number of benzene rings is 1. The van der Waals surface area contributed by atoms with Crippen molar-refractivity contribution >= 4 is 16.8 Å². The average molecular weight is 339 g/mol. The first kappa shape index (κ1) is 16.3. The first-order chi connectivity index (χ1) is 12.1. The first-order valence-electron chi connectivity index (χ1n) is 9.25. The van der Waals surface area contributed by atoms with Crippen LogP contribution in [0.5, 0.6) is 0 Å². The van der Waals surface area contributed by atoms with Crippen molar-refractivity contribution in [3.8, 4) is 0 Å². The predicted molar refractivity (Wildman–Crippen MR) is 98.3 cm³/mol. The van der Waals surface area contributed by atoms with Gasteiger partial charge in [0.1, 0.15) is 0 Å². The van der Waals surface area contributed by atoms with E-state index >= 15 is 0 Å². The molecule has 0 bridgehead atoms. The van der Waals surface area contributed by atoms with Crippen LogP contribution in [-0.2, 0) is 11.3 Å². The highest BCUT2D eigenvalue weighted by Gasteiger charge is 2.36. The van der Waals surface area contributed by atoms with Gasteiger partial charge in [-0.25, -0.2) is 0 Å². The SMILES string of the molecule is C[C@@H]1CN(C(=O)C2CC2)CC[C@H]1NCc1cc2ccccc2[nH]c1=O. The van der Waals surface area contributed by atoms with Gasteiger partial charge in [-0.3, -0.25) is 9.59 Å². The van der Waals surface area contributed by atoms with Crippen LogP contribution in [0.4, 0.5) is 0 Å². The van der Waals surface area contributed by atoms with Gasteiger partial charge in [-0.15, -0.1) is 0 Å². The van der Waals surface area contributed by atoms with Gasteiger partial charge in [-0.1, -0.05) is 25.1 Å². The smallest absolute Gasteiger partial charge is 0.252 e. The second-order valence-corrected chi connectivity index (χ2v) is 7.52. The molecule has 1 saturated heterocycles. The van der Waals surface area contributed by atoms with E-state index in [4.69, 9.17) is 0 Å². The molecule has 132 valence electrons. The molecule has 1 aromatic carbocycles. The molecule has 1 saturated carbocycles. The Kier molecular flexibility index (Phi) is 4.34. The lowest BCUT2D eigenvalue weighted by Crippen LogP contribution is -2.50. The normalized spacial score (nSPS) is 23.8. The topological polar surface area (TPSA) is 65.2 Å². The van der Waals surface area contributed by atoms with Crippen LogP contribution in [-0.4, -0.2) is 34.9 Å². The van der Waals surface area contributed by atoms with Crippen molar-refractivity contribution in [3.63, 3.8) is 0 Å². The van der Waals surface area contributed by atoms with Gasteiger partial charge in [0.15, 0.2) is 0 Å². The zero-order valence-electron chi connectivity index (χ0n) is 14.6. The van der Waals surface area contributed by atoms with Crippen molar-refractivity contribution in [1.82, 2.24) is 15.2 Å². The average Bonchev–Trinajstić information content (AvgIpc) is 3.45. The molecule has 2 fully saturated rings. The van der Waals surface area contributed by atoms with Gasteiger partial charge in [0.05, 0.1) is 0 Å². The summed E-state index contributed by atoms with van der Waals surface area (Å²) in [5, 5.41) is 4.59. The van der Waals surface area contributed by atoms with Gasteiger partial charge in [-0.05, 0) is 42.7 Å². The van der Waals surface area contributed by atoms with Crippen molar-refractivity contribution in [2.45, 2.75) is 38.8 Å². The van der Waals surface area contributed by atoms with Gasteiger partial charge in [-0.2, -0.15) is 0 Å². The summed E-state index contributed by atoms with van der Waals surface area (Å²) in [6.45, 7) is 4.40. The van der Waals surface area contributed by atoms with Crippen molar-refractivity contribution in [1.29, 1.82) is 0 Å². The lowest BCUT2D eigenvalue weighted by molar-refractivity contribution is -0.134. The first-order valence-corrected chi connectivity index (χ1v) is 9.25. The monoisotopic (exact) mass is 339 g/mol. The van der Waals surface area contributed by atoms with E-state index in [9.17, 15) is 9.59 Å². The second kappa shape index (κ2) is 6.64. The summed E-state index contributed by atoms with van der Waals surface area (Å²) in [5.41, 5.74) is 1.61. The fraction of sp³-hybridized carbons (Fsp3) is 0.500. The maximum atomic E-state index is 12.3. The fourth-order valence-electron chi connectivity index (χ4n) is 3.80. The van der Waals surface area contributed by atoms with Crippen molar-refractivity contribution < 1.29 is 4.79 Å². The molecule has 1 amide bonds. The van der Waals surface area contributed by atoms with E-state index in [1.807, 2.05) is 35.2 Å². The minimum Gasteiger partial charge on any atom is -0.342 e. The molecule has 25 heavy (non-hydrogen) atoms. The number of pyridine rings is 1. The number of H-pyrrole nitrogens is 1. The number of nitrogens with zero attached hydrogens (tertiary/aromatic N) is 1. The number of hydrogen-bond donors (Lipinski definition) is 2. The van der Waals surface area contributed by atoms with E-state index < -0.39 is 0 Å². The highest BCUT2D eigenvalue weighted by Crippen LogP contribution is 2.32. The number of fused-ring (bicyclic) bond motifs is 1. The molecule has 2 aliphatic rings. The number of piperidine rings is 1. The van der Waals surface area contributed by atoms with E-state index in [0.29, 0.717) is 30.3 Å². The number of nitrogens with one attached hydrogen (secondary N) is 2. The second-order valence-electron chi connectivity index (χ2n) is 7.52. The van der Waals surface area contributed by atoms with Gasteiger partial charge in [0, 0.05) is 42.7 Å². The van der Waals surface area contributed by atoms with Crippen LogP contribution >= 0.6 is 0 Å². The summed E-state index contributed by atoms with van der Waals surface area (Å²) in [5.74, 6) is 1.04. The molecule has 2 aromatic rings. The summed E-state index contributed by atoms with van der Waals surface area (Å²) < 4.78 is 0. The molecule has 0 unspecified atom stereocenters. The van der Waals surface area contributed by atoms with E-state index in [1.54, 1.807) is 0 Å². The summed E-state index contributed by atoms with van der Waals surface area (Å²) in [7, 11) is 0. The third-order valence-corrected chi connectivity index (χ3v) is 5.53. The Morgan fingerprint density at radius 3 is 2.84 bits per heavy atom. The molecule has 5 nitrogen and oxygen atoms in total. The number of hydrogen-bond acceptors (Lipinski definition) is 3. The van der Waals surface area contributed by atoms with E-state index in [0.717, 1.165) is 48.8 Å². The predicted octanol–water partition coefficient (Wildman–Crippen LogP) is 2.26. The Morgan fingerprint density at radius 1 is 1.28 bits per heavy atom. The standard InChI is InChI=1S/C20H25N3O2/c1-13-12-23(20(25)14-6-7-14)9-8-17(13)21-11-16-10-15-4-2-3-5-18(15)22-19(16)24/h2-5,10,13-14,17,21H,6-9,11-12H2,1H3,(H,22,24)/t13-,17-/m1/s1. The molecule has 4 rings (SSSR count). The Hall–Kier alpha value is -2.14. The fourth-order valence-corrected chi connectivity index (χ4v) is 3.80. The van der Waals surface area contributed by atoms with Crippen LogP contribution in [0, 0.1) is 11.8 Å². The lowest BCUT2D eigenvalue weighted by atomic mass is 9.93. The molecule has 0 spiro atoms.